The van der Waals surface area contributed by atoms with E-state index in [0.29, 0.717) is 0 Å². The molecular weight excluding hydrogens is 194 g/mol. The van der Waals surface area contributed by atoms with Crippen molar-refractivity contribution in [2.45, 2.75) is 12.1 Å². The third kappa shape index (κ3) is 1.46. The van der Waals surface area contributed by atoms with Gasteiger partial charge in [-0.25, -0.2) is 4.98 Å². The summed E-state index contributed by atoms with van der Waals surface area (Å²) >= 11 is 1.74. The number of anilines is 1. The van der Waals surface area contributed by atoms with Gasteiger partial charge in [0.25, 0.3) is 0 Å². The van der Waals surface area contributed by atoms with Gasteiger partial charge in [-0.3, -0.25) is 0 Å². The van der Waals surface area contributed by atoms with Crippen molar-refractivity contribution in [2.75, 3.05) is 11.5 Å². The number of imidazole rings is 1. The van der Waals surface area contributed by atoms with Crippen LogP contribution in [-0.2, 0) is 7.05 Å². The van der Waals surface area contributed by atoms with Crippen LogP contribution < -0.4 is 5.73 Å². The van der Waals surface area contributed by atoms with Gasteiger partial charge in [0.2, 0.25) is 0 Å². The molecule has 0 spiro atoms. The molecule has 4 heteroatoms. The van der Waals surface area contributed by atoms with Crippen LogP contribution in [0.5, 0.6) is 0 Å². The van der Waals surface area contributed by atoms with Gasteiger partial charge >= 0.3 is 0 Å². The summed E-state index contributed by atoms with van der Waals surface area (Å²) in [7, 11) is 2.03. The Morgan fingerprint density at radius 2 is 2.29 bits per heavy atom. The zero-order chi connectivity index (χ0) is 10.1. The molecule has 0 saturated heterocycles. The number of nitrogen functional groups attached to an aromatic ring is 1. The van der Waals surface area contributed by atoms with Crippen LogP contribution in [0, 0.1) is 0 Å². The topological polar surface area (TPSA) is 43.8 Å². The monoisotopic (exact) mass is 207 g/mol. The highest BCUT2D eigenvalue weighted by Gasteiger charge is 2.06. The van der Waals surface area contributed by atoms with Crippen LogP contribution >= 0.6 is 11.8 Å². The molecule has 2 rings (SSSR count). The largest absolute Gasteiger partial charge is 0.399 e. The molecule has 0 aliphatic rings. The van der Waals surface area contributed by atoms with Crippen molar-refractivity contribution in [3.63, 3.8) is 0 Å². The average molecular weight is 207 g/mol. The number of nitrogens with zero attached hydrogens (tertiary/aromatic N) is 2. The fourth-order valence-corrected chi connectivity index (χ4v) is 2.17. The Morgan fingerprint density at radius 3 is 3.00 bits per heavy atom. The number of nitrogens with two attached hydrogens (primary N) is 1. The van der Waals surface area contributed by atoms with Gasteiger partial charge in [0.15, 0.2) is 5.16 Å². The lowest BCUT2D eigenvalue weighted by Gasteiger charge is -1.98. The van der Waals surface area contributed by atoms with E-state index in [4.69, 9.17) is 5.73 Å². The highest BCUT2D eigenvalue weighted by molar-refractivity contribution is 7.99. The van der Waals surface area contributed by atoms with Crippen LogP contribution in [0.25, 0.3) is 11.0 Å². The summed E-state index contributed by atoms with van der Waals surface area (Å²) in [5.74, 6) is 1.03. The molecule has 0 radical (unpaired) electrons. The highest BCUT2D eigenvalue weighted by Crippen LogP contribution is 2.23. The predicted molar refractivity (Wildman–Crippen MR) is 61.5 cm³/mol. The van der Waals surface area contributed by atoms with Crippen LogP contribution in [0.4, 0.5) is 5.69 Å². The Morgan fingerprint density at radius 1 is 1.50 bits per heavy atom. The summed E-state index contributed by atoms with van der Waals surface area (Å²) in [6, 6.07) is 5.83. The third-order valence-electron chi connectivity index (χ3n) is 2.14. The lowest BCUT2D eigenvalue weighted by molar-refractivity contribution is 0.815. The van der Waals surface area contributed by atoms with Gasteiger partial charge in [-0.1, -0.05) is 18.7 Å². The number of thioether (sulfide) groups is 1. The lowest BCUT2D eigenvalue weighted by atomic mass is 10.3. The van der Waals surface area contributed by atoms with Gasteiger partial charge in [0, 0.05) is 12.7 Å². The van der Waals surface area contributed by atoms with Gasteiger partial charge in [-0.05, 0) is 24.0 Å². The molecule has 0 saturated carbocycles. The van der Waals surface area contributed by atoms with E-state index in [0.717, 1.165) is 27.6 Å². The molecule has 0 aliphatic heterocycles. The van der Waals surface area contributed by atoms with Gasteiger partial charge in [0.05, 0.1) is 11.0 Å². The van der Waals surface area contributed by atoms with E-state index in [1.807, 2.05) is 25.2 Å². The predicted octanol–water partition coefficient (Wildman–Crippen LogP) is 2.27. The van der Waals surface area contributed by atoms with Gasteiger partial charge in [-0.2, -0.15) is 0 Å². The summed E-state index contributed by atoms with van der Waals surface area (Å²) in [6.45, 7) is 2.12. The van der Waals surface area contributed by atoms with E-state index < -0.39 is 0 Å². The van der Waals surface area contributed by atoms with Gasteiger partial charge < -0.3 is 10.3 Å². The molecule has 0 bridgehead atoms. The first-order chi connectivity index (χ1) is 6.72. The van der Waals surface area contributed by atoms with Crippen molar-refractivity contribution in [2.24, 2.45) is 7.05 Å². The number of hydrogen-bond acceptors (Lipinski definition) is 3. The molecule has 3 nitrogen and oxygen atoms in total. The summed E-state index contributed by atoms with van der Waals surface area (Å²) in [5, 5.41) is 1.05. The van der Waals surface area contributed by atoms with E-state index in [9.17, 15) is 0 Å². The molecule has 1 heterocycles. The van der Waals surface area contributed by atoms with Crippen LogP contribution in [0.1, 0.15) is 6.92 Å². The Balaban J connectivity index is 2.61. The maximum absolute atomic E-state index is 5.70. The number of benzene rings is 1. The number of aryl methyl sites for hydroxylation is 1. The van der Waals surface area contributed by atoms with E-state index in [2.05, 4.69) is 16.5 Å². The summed E-state index contributed by atoms with van der Waals surface area (Å²) in [5.41, 5.74) is 8.58. The number of rotatable bonds is 2. The molecule has 2 N–H and O–H groups in total. The molecular formula is C10H13N3S. The first-order valence-corrected chi connectivity index (χ1v) is 5.55. The standard InChI is InChI=1S/C10H13N3S/c1-3-14-10-12-8-6-7(11)4-5-9(8)13(10)2/h4-6H,3,11H2,1-2H3. The van der Waals surface area contributed by atoms with Crippen LogP contribution in [0.3, 0.4) is 0 Å². The zero-order valence-electron chi connectivity index (χ0n) is 8.32. The molecule has 74 valence electrons. The second-order valence-corrected chi connectivity index (χ2v) is 4.37. The second-order valence-electron chi connectivity index (χ2n) is 3.13. The maximum Gasteiger partial charge on any atom is 0.168 e. The Hall–Kier alpha value is -1.16. The molecule has 1 aromatic carbocycles. The summed E-state index contributed by atoms with van der Waals surface area (Å²) in [4.78, 5) is 4.51. The molecule has 1 aromatic heterocycles. The quantitative estimate of drug-likeness (QED) is 0.607. The van der Waals surface area contributed by atoms with Crippen molar-refractivity contribution in [3.8, 4) is 0 Å². The number of hydrogen-bond donors (Lipinski definition) is 1. The molecule has 14 heavy (non-hydrogen) atoms. The molecule has 0 atom stereocenters. The Bertz CT molecular complexity index is 462. The molecule has 0 amide bonds. The molecule has 0 fully saturated rings. The molecule has 0 unspecified atom stereocenters. The number of fused-ring (bicyclic) bond motifs is 1. The normalized spacial score (nSPS) is 11.0. The van der Waals surface area contributed by atoms with Crippen LogP contribution in [0.15, 0.2) is 23.4 Å². The first-order valence-electron chi connectivity index (χ1n) is 4.57. The van der Waals surface area contributed by atoms with Crippen molar-refractivity contribution in [1.82, 2.24) is 9.55 Å². The van der Waals surface area contributed by atoms with E-state index >= 15 is 0 Å². The smallest absolute Gasteiger partial charge is 0.168 e. The molecule has 2 aromatic rings. The Kier molecular flexibility index (Phi) is 2.37. The van der Waals surface area contributed by atoms with Crippen molar-refractivity contribution in [3.05, 3.63) is 18.2 Å². The summed E-state index contributed by atoms with van der Waals surface area (Å²) in [6.07, 6.45) is 0. The third-order valence-corrected chi connectivity index (χ3v) is 3.05. The van der Waals surface area contributed by atoms with Crippen molar-refractivity contribution in [1.29, 1.82) is 0 Å². The van der Waals surface area contributed by atoms with Crippen LogP contribution in [-0.4, -0.2) is 15.3 Å². The number of aromatic nitrogens is 2. The van der Waals surface area contributed by atoms with Crippen molar-refractivity contribution >= 4 is 28.5 Å². The fourth-order valence-electron chi connectivity index (χ4n) is 1.45. The highest BCUT2D eigenvalue weighted by atomic mass is 32.2. The zero-order valence-corrected chi connectivity index (χ0v) is 9.14. The lowest BCUT2D eigenvalue weighted by Crippen LogP contribution is -1.90. The Labute approximate surface area is 87.3 Å². The minimum absolute atomic E-state index is 0.767. The average Bonchev–Trinajstić information content (AvgIpc) is 2.44. The van der Waals surface area contributed by atoms with E-state index in [-0.39, 0.29) is 0 Å². The minimum Gasteiger partial charge on any atom is -0.399 e. The fraction of sp³-hybridized carbons (Fsp3) is 0.300. The minimum atomic E-state index is 0.767. The first kappa shape index (κ1) is 9.40. The summed E-state index contributed by atoms with van der Waals surface area (Å²) < 4.78 is 2.10. The SMILES string of the molecule is CCSc1nc2cc(N)ccc2n1C. The van der Waals surface area contributed by atoms with Gasteiger partial charge in [0.1, 0.15) is 0 Å². The maximum atomic E-state index is 5.70. The second kappa shape index (κ2) is 3.53. The van der Waals surface area contributed by atoms with Crippen LogP contribution in [0.2, 0.25) is 0 Å². The van der Waals surface area contributed by atoms with Gasteiger partial charge in [-0.15, -0.1) is 0 Å². The van der Waals surface area contributed by atoms with Crippen molar-refractivity contribution < 1.29 is 0 Å². The van der Waals surface area contributed by atoms with E-state index in [1.54, 1.807) is 11.8 Å². The van der Waals surface area contributed by atoms with E-state index in [1.165, 1.54) is 0 Å². The molecule has 0 aliphatic carbocycles.